The smallest absolute Gasteiger partial charge is 0.341 e. The number of halogens is 2. The number of piperidine rings is 1. The number of thioether (sulfide) groups is 1. The van der Waals surface area contributed by atoms with Crippen molar-refractivity contribution in [2.45, 2.75) is 49.4 Å². The normalized spacial score (nSPS) is 17.8. The summed E-state index contributed by atoms with van der Waals surface area (Å²) in [5.41, 5.74) is -0.0544. The lowest BCUT2D eigenvalue weighted by molar-refractivity contribution is -0.138. The Kier molecular flexibility index (Phi) is 6.96. The summed E-state index contributed by atoms with van der Waals surface area (Å²) in [7, 11) is 0. The number of rotatable bonds is 6. The lowest BCUT2D eigenvalue weighted by atomic mass is 10.00. The lowest BCUT2D eigenvalue weighted by Gasteiger charge is -2.35. The van der Waals surface area contributed by atoms with E-state index in [2.05, 4.69) is 4.98 Å². The maximum absolute atomic E-state index is 12.5. The van der Waals surface area contributed by atoms with E-state index >= 15 is 0 Å². The molecule has 1 aliphatic heterocycles. The van der Waals surface area contributed by atoms with Crippen LogP contribution < -0.4 is 0 Å². The van der Waals surface area contributed by atoms with Crippen LogP contribution in [0.4, 0.5) is 8.78 Å². The Morgan fingerprint density at radius 3 is 2.96 bits per heavy atom. The number of aromatic nitrogens is 1. The molecule has 2 rings (SSSR count). The van der Waals surface area contributed by atoms with Crippen LogP contribution in [0, 0.1) is 0 Å². The third-order valence-electron chi connectivity index (χ3n) is 3.94. The highest BCUT2D eigenvalue weighted by atomic mass is 32.2. The molecule has 1 atom stereocenters. The highest BCUT2D eigenvalue weighted by Gasteiger charge is 2.26. The molecule has 1 saturated heterocycles. The van der Waals surface area contributed by atoms with Gasteiger partial charge < -0.3 is 9.64 Å². The molecule has 0 N–H and O–H groups in total. The summed E-state index contributed by atoms with van der Waals surface area (Å²) in [4.78, 5) is 29.9. The molecular weight excluding hydrogens is 338 g/mol. The van der Waals surface area contributed by atoms with E-state index in [0.29, 0.717) is 6.54 Å². The first-order valence-electron chi connectivity index (χ1n) is 7.89. The van der Waals surface area contributed by atoms with Crippen LogP contribution in [-0.2, 0) is 9.53 Å². The molecule has 8 heteroatoms. The Hall–Kier alpha value is -1.70. The molecule has 0 aromatic carbocycles. The van der Waals surface area contributed by atoms with E-state index in [4.69, 9.17) is 4.74 Å². The molecule has 0 aliphatic carbocycles. The average molecular weight is 358 g/mol. The van der Waals surface area contributed by atoms with Gasteiger partial charge in [0.05, 0.1) is 5.56 Å². The molecule has 1 amide bonds. The SMILES string of the molecule is CCC1CCCCN1C(=O)COC(=O)c1cccnc1SC(F)F. The lowest BCUT2D eigenvalue weighted by Crippen LogP contribution is -2.45. The number of carbonyl (C=O) groups is 2. The van der Waals surface area contributed by atoms with Crippen molar-refractivity contribution in [2.24, 2.45) is 0 Å². The molecule has 0 spiro atoms. The van der Waals surface area contributed by atoms with Gasteiger partial charge in [0.25, 0.3) is 11.7 Å². The number of nitrogens with zero attached hydrogens (tertiary/aromatic N) is 2. The number of hydrogen-bond donors (Lipinski definition) is 0. The Morgan fingerprint density at radius 1 is 1.46 bits per heavy atom. The van der Waals surface area contributed by atoms with Crippen molar-refractivity contribution >= 4 is 23.6 Å². The fourth-order valence-corrected chi connectivity index (χ4v) is 3.33. The van der Waals surface area contributed by atoms with Gasteiger partial charge in [0.1, 0.15) is 5.03 Å². The highest BCUT2D eigenvalue weighted by molar-refractivity contribution is 7.99. The van der Waals surface area contributed by atoms with Crippen molar-refractivity contribution in [3.63, 3.8) is 0 Å². The number of alkyl halides is 2. The predicted octanol–water partition coefficient (Wildman–Crippen LogP) is 3.34. The van der Waals surface area contributed by atoms with Crippen molar-refractivity contribution in [1.82, 2.24) is 9.88 Å². The van der Waals surface area contributed by atoms with Gasteiger partial charge in [0.15, 0.2) is 6.61 Å². The van der Waals surface area contributed by atoms with Gasteiger partial charge in [0.2, 0.25) is 0 Å². The van der Waals surface area contributed by atoms with Crippen LogP contribution in [0.3, 0.4) is 0 Å². The summed E-state index contributed by atoms with van der Waals surface area (Å²) >= 11 is 0.179. The van der Waals surface area contributed by atoms with Crippen LogP contribution in [0.15, 0.2) is 23.4 Å². The van der Waals surface area contributed by atoms with E-state index in [1.165, 1.54) is 18.3 Å². The number of amides is 1. The molecule has 1 fully saturated rings. The maximum atomic E-state index is 12.5. The van der Waals surface area contributed by atoms with Crippen molar-refractivity contribution in [3.8, 4) is 0 Å². The molecular formula is C16H20F2N2O3S. The molecule has 0 radical (unpaired) electrons. The van der Waals surface area contributed by atoms with Gasteiger partial charge in [-0.25, -0.2) is 9.78 Å². The molecule has 1 aromatic heterocycles. The van der Waals surface area contributed by atoms with Crippen LogP contribution in [0.25, 0.3) is 0 Å². The monoisotopic (exact) mass is 358 g/mol. The largest absolute Gasteiger partial charge is 0.452 e. The van der Waals surface area contributed by atoms with E-state index in [0.717, 1.165) is 25.7 Å². The Balaban J connectivity index is 1.96. The number of pyridine rings is 1. The van der Waals surface area contributed by atoms with E-state index in [9.17, 15) is 18.4 Å². The minimum Gasteiger partial charge on any atom is -0.452 e. The summed E-state index contributed by atoms with van der Waals surface area (Å²) in [6.07, 6.45) is 5.16. The number of ether oxygens (including phenoxy) is 1. The molecule has 1 aromatic rings. The standard InChI is InChI=1S/C16H20F2N2O3S/c1-2-11-6-3-4-9-20(11)13(21)10-23-15(22)12-7-5-8-19-14(12)24-16(17)18/h5,7-8,11,16H,2-4,6,9-10H2,1H3. The number of carbonyl (C=O) groups excluding carboxylic acids is 2. The molecule has 5 nitrogen and oxygen atoms in total. The van der Waals surface area contributed by atoms with Crippen molar-refractivity contribution in [2.75, 3.05) is 13.2 Å². The Bertz CT molecular complexity index is 586. The van der Waals surface area contributed by atoms with Crippen LogP contribution in [0.2, 0.25) is 0 Å². The Morgan fingerprint density at radius 2 is 2.25 bits per heavy atom. The van der Waals surface area contributed by atoms with Crippen LogP contribution >= 0.6 is 11.8 Å². The molecule has 0 bridgehead atoms. The maximum Gasteiger partial charge on any atom is 0.341 e. The summed E-state index contributed by atoms with van der Waals surface area (Å²) in [6.45, 7) is 2.29. The first-order valence-corrected chi connectivity index (χ1v) is 8.77. The number of likely N-dealkylation sites (tertiary alicyclic amines) is 1. The quantitative estimate of drug-likeness (QED) is 0.577. The second-order valence-electron chi connectivity index (χ2n) is 5.46. The first-order chi connectivity index (χ1) is 11.5. The second kappa shape index (κ2) is 8.96. The fourth-order valence-electron chi connectivity index (χ4n) is 2.77. The van der Waals surface area contributed by atoms with Gasteiger partial charge in [-0.3, -0.25) is 4.79 Å². The van der Waals surface area contributed by atoms with Gasteiger partial charge in [-0.15, -0.1) is 0 Å². The van der Waals surface area contributed by atoms with Crippen LogP contribution in [-0.4, -0.2) is 46.7 Å². The van der Waals surface area contributed by atoms with Gasteiger partial charge >= 0.3 is 5.97 Å². The topological polar surface area (TPSA) is 59.5 Å². The van der Waals surface area contributed by atoms with Crippen molar-refractivity contribution < 1.29 is 23.1 Å². The summed E-state index contributed by atoms with van der Waals surface area (Å²) in [5, 5.41) is -0.102. The number of hydrogen-bond acceptors (Lipinski definition) is 5. The summed E-state index contributed by atoms with van der Waals surface area (Å²) < 4.78 is 30.1. The summed E-state index contributed by atoms with van der Waals surface area (Å²) in [5.74, 6) is -3.75. The van der Waals surface area contributed by atoms with E-state index < -0.39 is 11.7 Å². The van der Waals surface area contributed by atoms with Gasteiger partial charge in [0, 0.05) is 18.8 Å². The fraction of sp³-hybridized carbons (Fsp3) is 0.562. The number of esters is 1. The first kappa shape index (κ1) is 18.6. The average Bonchev–Trinajstić information content (AvgIpc) is 2.59. The van der Waals surface area contributed by atoms with Gasteiger partial charge in [-0.2, -0.15) is 8.78 Å². The van der Waals surface area contributed by atoms with E-state index in [1.807, 2.05) is 6.92 Å². The van der Waals surface area contributed by atoms with Crippen LogP contribution in [0.1, 0.15) is 43.0 Å². The molecule has 24 heavy (non-hydrogen) atoms. The van der Waals surface area contributed by atoms with Crippen molar-refractivity contribution in [3.05, 3.63) is 23.9 Å². The molecule has 1 aliphatic rings. The van der Waals surface area contributed by atoms with E-state index in [1.54, 1.807) is 4.90 Å². The highest BCUT2D eigenvalue weighted by Crippen LogP contribution is 2.26. The third-order valence-corrected chi connectivity index (χ3v) is 4.66. The summed E-state index contributed by atoms with van der Waals surface area (Å²) in [6, 6.07) is 3.00. The molecule has 0 saturated carbocycles. The minimum atomic E-state index is -2.69. The zero-order chi connectivity index (χ0) is 17.5. The minimum absolute atomic E-state index is 0.0544. The second-order valence-corrected chi connectivity index (χ2v) is 6.43. The zero-order valence-corrected chi connectivity index (χ0v) is 14.2. The molecule has 1 unspecified atom stereocenters. The van der Waals surface area contributed by atoms with Gasteiger partial charge in [-0.05, 0) is 49.6 Å². The zero-order valence-electron chi connectivity index (χ0n) is 13.4. The predicted molar refractivity (Wildman–Crippen MR) is 86.0 cm³/mol. The third kappa shape index (κ3) is 4.90. The van der Waals surface area contributed by atoms with Crippen LogP contribution in [0.5, 0.6) is 0 Å². The van der Waals surface area contributed by atoms with Gasteiger partial charge in [-0.1, -0.05) is 6.92 Å². The molecule has 132 valence electrons. The van der Waals surface area contributed by atoms with E-state index in [-0.39, 0.29) is 40.9 Å². The van der Waals surface area contributed by atoms with Crippen molar-refractivity contribution in [1.29, 1.82) is 0 Å². The Labute approximate surface area is 143 Å². The molecule has 2 heterocycles.